The van der Waals surface area contributed by atoms with E-state index in [9.17, 15) is 4.39 Å². The van der Waals surface area contributed by atoms with E-state index in [4.69, 9.17) is 5.84 Å². The van der Waals surface area contributed by atoms with Crippen LogP contribution in [0.2, 0.25) is 0 Å². The first-order chi connectivity index (χ1) is 7.02. The Morgan fingerprint density at radius 1 is 1.40 bits per heavy atom. The average molecular weight is 209 g/mol. The maximum Gasteiger partial charge on any atom is 0.142 e. The zero-order valence-electron chi connectivity index (χ0n) is 9.21. The molecule has 0 aromatic heterocycles. The van der Waals surface area contributed by atoms with Gasteiger partial charge in [0.05, 0.1) is 0 Å². The van der Waals surface area contributed by atoms with E-state index in [2.05, 4.69) is 10.4 Å². The van der Waals surface area contributed by atoms with Crippen molar-refractivity contribution in [2.24, 2.45) is 10.8 Å². The molecule has 0 fully saturated rings. The Morgan fingerprint density at radius 3 is 2.53 bits per heavy atom. The number of aryl methyl sites for hydroxylation is 1. The van der Waals surface area contributed by atoms with E-state index in [-0.39, 0.29) is 11.9 Å². The Bertz CT molecular complexity index is 352. The number of halogens is 1. The van der Waals surface area contributed by atoms with E-state index in [1.54, 1.807) is 0 Å². The van der Waals surface area contributed by atoms with Gasteiger partial charge in [0.1, 0.15) is 11.7 Å². The van der Waals surface area contributed by atoms with Crippen LogP contribution in [-0.4, -0.2) is 11.9 Å². The largest absolute Gasteiger partial charge is 0.308 e. The molecule has 0 bridgehead atoms. The van der Waals surface area contributed by atoms with Gasteiger partial charge >= 0.3 is 0 Å². The van der Waals surface area contributed by atoms with Gasteiger partial charge in [0, 0.05) is 11.6 Å². The maximum atomic E-state index is 13.1. The topological polar surface area (TPSA) is 50.4 Å². The molecule has 15 heavy (non-hydrogen) atoms. The van der Waals surface area contributed by atoms with Crippen LogP contribution in [0.1, 0.15) is 25.0 Å². The molecule has 0 spiro atoms. The van der Waals surface area contributed by atoms with Gasteiger partial charge in [-0.1, -0.05) is 0 Å². The number of nitrogens with one attached hydrogen (secondary N) is 1. The summed E-state index contributed by atoms with van der Waals surface area (Å²) in [4.78, 5) is 4.26. The van der Waals surface area contributed by atoms with E-state index < -0.39 is 0 Å². The van der Waals surface area contributed by atoms with Crippen molar-refractivity contribution in [2.75, 3.05) is 0 Å². The lowest BCUT2D eigenvalue weighted by Crippen LogP contribution is -2.32. The third-order valence-corrected chi connectivity index (χ3v) is 1.84. The number of amidine groups is 1. The maximum absolute atomic E-state index is 13.1. The van der Waals surface area contributed by atoms with Crippen molar-refractivity contribution in [3.8, 4) is 0 Å². The number of nitrogens with two attached hydrogens (primary N) is 1. The molecule has 1 aromatic carbocycles. The first kappa shape index (κ1) is 11.7. The molecule has 0 heterocycles. The number of nitrogens with zero attached hydrogens (tertiary/aromatic N) is 1. The van der Waals surface area contributed by atoms with Gasteiger partial charge in [0.25, 0.3) is 0 Å². The summed E-state index contributed by atoms with van der Waals surface area (Å²) in [6, 6.07) is 4.82. The monoisotopic (exact) mass is 209 g/mol. The zero-order chi connectivity index (χ0) is 11.4. The summed E-state index contributed by atoms with van der Waals surface area (Å²) in [5.74, 6) is 5.58. The second-order valence-electron chi connectivity index (χ2n) is 3.73. The van der Waals surface area contributed by atoms with Gasteiger partial charge in [-0.05, 0) is 44.5 Å². The second-order valence-corrected chi connectivity index (χ2v) is 3.73. The van der Waals surface area contributed by atoms with Crippen molar-refractivity contribution < 1.29 is 4.39 Å². The van der Waals surface area contributed by atoms with Gasteiger partial charge in [-0.25, -0.2) is 10.2 Å². The predicted molar refractivity (Wildman–Crippen MR) is 60.1 cm³/mol. The molecule has 0 aliphatic rings. The summed E-state index contributed by atoms with van der Waals surface area (Å²) in [6.07, 6.45) is 0. The van der Waals surface area contributed by atoms with Gasteiger partial charge in [-0.2, -0.15) is 0 Å². The Balaban J connectivity index is 3.12. The molecule has 0 unspecified atom stereocenters. The average Bonchev–Trinajstić information content (AvgIpc) is 2.12. The van der Waals surface area contributed by atoms with Crippen molar-refractivity contribution in [1.82, 2.24) is 5.43 Å². The lowest BCUT2D eigenvalue weighted by molar-refractivity contribution is 0.626. The number of hydrogen-bond acceptors (Lipinski definition) is 2. The number of hydrazine groups is 1. The molecule has 3 nitrogen and oxygen atoms in total. The van der Waals surface area contributed by atoms with Gasteiger partial charge in [-0.15, -0.1) is 0 Å². The standard InChI is InChI=1S/C11H16FN3/c1-7(2)14-11(15-13)9-4-8(3)5-10(12)6-9/h4-7H,13H2,1-3H3,(H,14,15). The van der Waals surface area contributed by atoms with Crippen molar-refractivity contribution >= 4 is 5.84 Å². The van der Waals surface area contributed by atoms with Crippen molar-refractivity contribution in [1.29, 1.82) is 0 Å². The van der Waals surface area contributed by atoms with Gasteiger partial charge in [0.2, 0.25) is 0 Å². The number of rotatable bonds is 2. The molecular weight excluding hydrogens is 193 g/mol. The van der Waals surface area contributed by atoms with Crippen LogP contribution in [0.4, 0.5) is 4.39 Å². The Labute approximate surface area is 89.2 Å². The van der Waals surface area contributed by atoms with Crippen LogP contribution >= 0.6 is 0 Å². The Hall–Kier alpha value is -1.42. The van der Waals surface area contributed by atoms with E-state index in [0.717, 1.165) is 5.56 Å². The van der Waals surface area contributed by atoms with Crippen LogP contribution < -0.4 is 11.3 Å². The minimum atomic E-state index is -0.281. The highest BCUT2D eigenvalue weighted by molar-refractivity contribution is 5.98. The number of benzene rings is 1. The van der Waals surface area contributed by atoms with Crippen LogP contribution in [0.15, 0.2) is 23.2 Å². The van der Waals surface area contributed by atoms with Crippen LogP contribution in [0.25, 0.3) is 0 Å². The molecule has 4 heteroatoms. The zero-order valence-corrected chi connectivity index (χ0v) is 9.21. The molecule has 0 radical (unpaired) electrons. The molecule has 0 aliphatic carbocycles. The van der Waals surface area contributed by atoms with E-state index in [1.807, 2.05) is 26.8 Å². The molecule has 0 atom stereocenters. The number of aliphatic imine (C=N–C) groups is 1. The van der Waals surface area contributed by atoms with Crippen molar-refractivity contribution in [3.05, 3.63) is 35.1 Å². The highest BCUT2D eigenvalue weighted by Crippen LogP contribution is 2.09. The fourth-order valence-corrected chi connectivity index (χ4v) is 1.33. The number of hydrogen-bond donors (Lipinski definition) is 2. The summed E-state index contributed by atoms with van der Waals surface area (Å²) in [7, 11) is 0. The molecule has 0 saturated carbocycles. The summed E-state index contributed by atoms with van der Waals surface area (Å²) in [5.41, 5.74) is 4.00. The quantitative estimate of drug-likeness (QED) is 0.337. The fraction of sp³-hybridized carbons (Fsp3) is 0.364. The minimum absolute atomic E-state index is 0.111. The van der Waals surface area contributed by atoms with E-state index in [1.165, 1.54) is 12.1 Å². The molecule has 0 saturated heterocycles. The summed E-state index contributed by atoms with van der Waals surface area (Å²) >= 11 is 0. The van der Waals surface area contributed by atoms with Crippen LogP contribution in [-0.2, 0) is 0 Å². The minimum Gasteiger partial charge on any atom is -0.308 e. The van der Waals surface area contributed by atoms with Crippen LogP contribution in [0.5, 0.6) is 0 Å². The third-order valence-electron chi connectivity index (χ3n) is 1.84. The summed E-state index contributed by atoms with van der Waals surface area (Å²) < 4.78 is 13.1. The van der Waals surface area contributed by atoms with E-state index >= 15 is 0 Å². The summed E-state index contributed by atoms with van der Waals surface area (Å²) in [6.45, 7) is 5.70. The molecular formula is C11H16FN3. The fourth-order valence-electron chi connectivity index (χ4n) is 1.33. The highest BCUT2D eigenvalue weighted by atomic mass is 19.1. The molecule has 3 N–H and O–H groups in total. The molecule has 1 aromatic rings. The first-order valence-corrected chi connectivity index (χ1v) is 4.85. The normalized spacial score (nSPS) is 12.0. The molecule has 0 amide bonds. The lowest BCUT2D eigenvalue weighted by Gasteiger charge is -2.08. The molecule has 1 rings (SSSR count). The van der Waals surface area contributed by atoms with Crippen molar-refractivity contribution in [2.45, 2.75) is 26.8 Å². The van der Waals surface area contributed by atoms with Gasteiger partial charge < -0.3 is 5.43 Å². The first-order valence-electron chi connectivity index (χ1n) is 4.85. The SMILES string of the molecule is Cc1cc(F)cc(C(=NC(C)C)NN)c1. The molecule has 0 aliphatic heterocycles. The highest BCUT2D eigenvalue weighted by Gasteiger charge is 2.05. The predicted octanol–water partition coefficient (Wildman–Crippen LogP) is 1.75. The van der Waals surface area contributed by atoms with Gasteiger partial charge in [0.15, 0.2) is 0 Å². The van der Waals surface area contributed by atoms with Crippen LogP contribution in [0.3, 0.4) is 0 Å². The smallest absolute Gasteiger partial charge is 0.142 e. The molecule has 82 valence electrons. The Kier molecular flexibility index (Phi) is 3.80. The second kappa shape index (κ2) is 4.89. The van der Waals surface area contributed by atoms with Crippen LogP contribution in [0, 0.1) is 12.7 Å². The summed E-state index contributed by atoms with van der Waals surface area (Å²) in [5, 5.41) is 0. The lowest BCUT2D eigenvalue weighted by atomic mass is 10.1. The van der Waals surface area contributed by atoms with Crippen molar-refractivity contribution in [3.63, 3.8) is 0 Å². The Morgan fingerprint density at radius 2 is 2.07 bits per heavy atom. The third kappa shape index (κ3) is 3.32. The van der Waals surface area contributed by atoms with Gasteiger partial charge in [-0.3, -0.25) is 4.99 Å². The van der Waals surface area contributed by atoms with E-state index in [0.29, 0.717) is 11.4 Å².